The summed E-state index contributed by atoms with van der Waals surface area (Å²) in [6.45, 7) is 3.60. The fourth-order valence-corrected chi connectivity index (χ4v) is 2.91. The van der Waals surface area contributed by atoms with Gasteiger partial charge in [-0.05, 0) is 26.2 Å². The maximum absolute atomic E-state index is 11.9. The molecule has 0 aliphatic heterocycles. The highest BCUT2D eigenvalue weighted by Gasteiger charge is 2.11. The molecule has 0 aromatic carbocycles. The van der Waals surface area contributed by atoms with Crippen molar-refractivity contribution in [2.75, 3.05) is 27.2 Å². The van der Waals surface area contributed by atoms with E-state index >= 15 is 0 Å². The predicted molar refractivity (Wildman–Crippen MR) is 109 cm³/mol. The molecular formula is C21H40N2O3. The van der Waals surface area contributed by atoms with Gasteiger partial charge in [0, 0.05) is 33.3 Å². The minimum atomic E-state index is -0.852. The molecule has 0 heterocycles. The number of nitrogens with zero attached hydrogens (tertiary/aromatic N) is 2. The van der Waals surface area contributed by atoms with Crippen LogP contribution in [0.25, 0.3) is 0 Å². The molecule has 0 aromatic heterocycles. The molecule has 152 valence electrons. The van der Waals surface area contributed by atoms with Gasteiger partial charge in [-0.15, -0.1) is 0 Å². The Kier molecular flexibility index (Phi) is 15.9. The quantitative estimate of drug-likeness (QED) is 0.296. The summed E-state index contributed by atoms with van der Waals surface area (Å²) in [6.07, 6.45) is 17.5. The standard InChI is InChI=1S/C21H40N2O3/c1-4-22(2)21(26)23(3)19-17-15-13-11-9-7-5-6-8-10-12-14-16-18-20(24)25/h16,18H,4-15,17,19H2,1-3H3,(H,24,25). The van der Waals surface area contributed by atoms with Crippen molar-refractivity contribution >= 4 is 12.0 Å². The van der Waals surface area contributed by atoms with Gasteiger partial charge in [-0.2, -0.15) is 0 Å². The lowest BCUT2D eigenvalue weighted by Crippen LogP contribution is -2.39. The molecule has 0 aliphatic carbocycles. The van der Waals surface area contributed by atoms with Gasteiger partial charge in [-0.3, -0.25) is 0 Å². The summed E-state index contributed by atoms with van der Waals surface area (Å²) in [5, 5.41) is 8.48. The maximum Gasteiger partial charge on any atom is 0.327 e. The Labute approximate surface area is 160 Å². The lowest BCUT2D eigenvalue weighted by molar-refractivity contribution is -0.131. The van der Waals surface area contributed by atoms with Crippen LogP contribution in [0.4, 0.5) is 4.79 Å². The molecule has 0 unspecified atom stereocenters. The SMILES string of the molecule is CCN(C)C(=O)N(C)CCCCCCCCCCCCCC=CC(=O)O. The number of aliphatic carboxylic acids is 1. The molecule has 0 saturated heterocycles. The average Bonchev–Trinajstić information content (AvgIpc) is 2.63. The number of hydrogen-bond acceptors (Lipinski definition) is 2. The topological polar surface area (TPSA) is 60.9 Å². The van der Waals surface area contributed by atoms with E-state index in [1.165, 1.54) is 63.9 Å². The summed E-state index contributed by atoms with van der Waals surface area (Å²) in [6, 6.07) is 0.116. The van der Waals surface area contributed by atoms with Crippen LogP contribution in [0.15, 0.2) is 12.2 Å². The van der Waals surface area contributed by atoms with E-state index in [0.717, 1.165) is 32.4 Å². The largest absolute Gasteiger partial charge is 0.478 e. The molecular weight excluding hydrogens is 328 g/mol. The fraction of sp³-hybridized carbons (Fsp3) is 0.810. The molecule has 0 spiro atoms. The van der Waals surface area contributed by atoms with E-state index in [2.05, 4.69) is 0 Å². The molecule has 5 nitrogen and oxygen atoms in total. The molecule has 2 amide bonds. The van der Waals surface area contributed by atoms with Crippen LogP contribution in [0, 0.1) is 0 Å². The van der Waals surface area contributed by atoms with Crippen molar-refractivity contribution < 1.29 is 14.7 Å². The Bertz CT molecular complexity index is 397. The number of unbranched alkanes of at least 4 members (excludes halogenated alkanes) is 11. The van der Waals surface area contributed by atoms with Gasteiger partial charge in [0.15, 0.2) is 0 Å². The first-order chi connectivity index (χ1) is 12.5. The monoisotopic (exact) mass is 368 g/mol. The highest BCUT2D eigenvalue weighted by Crippen LogP contribution is 2.12. The van der Waals surface area contributed by atoms with E-state index < -0.39 is 5.97 Å². The number of carboxylic acid groups (broad SMARTS) is 1. The van der Waals surface area contributed by atoms with Crippen molar-refractivity contribution in [3.05, 3.63) is 12.2 Å². The normalized spacial score (nSPS) is 11.0. The summed E-state index contributed by atoms with van der Waals surface area (Å²) < 4.78 is 0. The summed E-state index contributed by atoms with van der Waals surface area (Å²) in [5.74, 6) is -0.852. The second kappa shape index (κ2) is 16.9. The molecule has 0 rings (SSSR count). The first-order valence-electron chi connectivity index (χ1n) is 10.3. The van der Waals surface area contributed by atoms with E-state index in [1.807, 2.05) is 25.9 Å². The van der Waals surface area contributed by atoms with Crippen LogP contribution in [0.3, 0.4) is 0 Å². The average molecular weight is 369 g/mol. The third-order valence-corrected chi connectivity index (χ3v) is 4.75. The number of amides is 2. The molecule has 0 atom stereocenters. The Morgan fingerprint density at radius 1 is 0.769 bits per heavy atom. The highest BCUT2D eigenvalue weighted by molar-refractivity contribution is 5.79. The number of carbonyl (C=O) groups excluding carboxylic acids is 1. The van der Waals surface area contributed by atoms with Crippen LogP contribution in [-0.4, -0.2) is 54.1 Å². The van der Waals surface area contributed by atoms with Crippen LogP contribution in [-0.2, 0) is 4.79 Å². The molecule has 26 heavy (non-hydrogen) atoms. The number of carboxylic acids is 1. The van der Waals surface area contributed by atoms with Crippen molar-refractivity contribution in [1.29, 1.82) is 0 Å². The first-order valence-corrected chi connectivity index (χ1v) is 10.3. The lowest BCUT2D eigenvalue weighted by Gasteiger charge is -2.23. The smallest absolute Gasteiger partial charge is 0.327 e. The summed E-state index contributed by atoms with van der Waals surface area (Å²) in [4.78, 5) is 25.8. The van der Waals surface area contributed by atoms with Gasteiger partial charge >= 0.3 is 12.0 Å². The number of urea groups is 1. The van der Waals surface area contributed by atoms with Gasteiger partial charge in [-0.1, -0.05) is 63.9 Å². The van der Waals surface area contributed by atoms with Gasteiger partial charge in [0.05, 0.1) is 0 Å². The Balaban J connectivity index is 3.29. The van der Waals surface area contributed by atoms with Crippen LogP contribution in [0.5, 0.6) is 0 Å². The highest BCUT2D eigenvalue weighted by atomic mass is 16.4. The zero-order chi connectivity index (χ0) is 19.6. The van der Waals surface area contributed by atoms with E-state index in [4.69, 9.17) is 5.11 Å². The Hall–Kier alpha value is -1.52. The Morgan fingerprint density at radius 3 is 1.69 bits per heavy atom. The van der Waals surface area contributed by atoms with Gasteiger partial charge in [0.25, 0.3) is 0 Å². The molecule has 0 aromatic rings. The Morgan fingerprint density at radius 2 is 1.23 bits per heavy atom. The number of rotatable bonds is 16. The van der Waals surface area contributed by atoms with Gasteiger partial charge in [0.1, 0.15) is 0 Å². The summed E-state index contributed by atoms with van der Waals surface area (Å²) in [5.41, 5.74) is 0. The van der Waals surface area contributed by atoms with E-state index in [0.29, 0.717) is 0 Å². The van der Waals surface area contributed by atoms with Crippen molar-refractivity contribution in [2.45, 2.75) is 84.0 Å². The number of allylic oxidation sites excluding steroid dienone is 1. The molecule has 0 aliphatic rings. The molecule has 0 saturated carbocycles. The van der Waals surface area contributed by atoms with Crippen molar-refractivity contribution in [1.82, 2.24) is 9.80 Å². The van der Waals surface area contributed by atoms with Crippen LogP contribution in [0.1, 0.15) is 84.0 Å². The zero-order valence-electron chi connectivity index (χ0n) is 17.2. The van der Waals surface area contributed by atoms with Gasteiger partial charge in [0.2, 0.25) is 0 Å². The van der Waals surface area contributed by atoms with Crippen molar-refractivity contribution in [2.24, 2.45) is 0 Å². The molecule has 1 N–H and O–H groups in total. The third-order valence-electron chi connectivity index (χ3n) is 4.75. The molecule has 5 heteroatoms. The van der Waals surface area contributed by atoms with Crippen LogP contribution in [0.2, 0.25) is 0 Å². The van der Waals surface area contributed by atoms with Gasteiger partial charge in [-0.25, -0.2) is 9.59 Å². The van der Waals surface area contributed by atoms with E-state index in [9.17, 15) is 9.59 Å². The van der Waals surface area contributed by atoms with E-state index in [-0.39, 0.29) is 6.03 Å². The number of carbonyl (C=O) groups is 2. The van der Waals surface area contributed by atoms with Gasteiger partial charge < -0.3 is 14.9 Å². The minimum Gasteiger partial charge on any atom is -0.478 e. The van der Waals surface area contributed by atoms with Crippen LogP contribution >= 0.6 is 0 Å². The van der Waals surface area contributed by atoms with Crippen LogP contribution < -0.4 is 0 Å². The first kappa shape index (κ1) is 24.5. The minimum absolute atomic E-state index is 0.116. The lowest BCUT2D eigenvalue weighted by atomic mass is 10.0. The molecule has 0 fully saturated rings. The zero-order valence-corrected chi connectivity index (χ0v) is 17.2. The molecule has 0 radical (unpaired) electrons. The summed E-state index contributed by atoms with van der Waals surface area (Å²) >= 11 is 0. The number of hydrogen-bond donors (Lipinski definition) is 1. The van der Waals surface area contributed by atoms with Crippen molar-refractivity contribution in [3.63, 3.8) is 0 Å². The second-order valence-corrected chi connectivity index (χ2v) is 7.14. The fourth-order valence-electron chi connectivity index (χ4n) is 2.91. The predicted octanol–water partition coefficient (Wildman–Crippen LogP) is 5.31. The maximum atomic E-state index is 11.9. The van der Waals surface area contributed by atoms with Crippen molar-refractivity contribution in [3.8, 4) is 0 Å². The second-order valence-electron chi connectivity index (χ2n) is 7.14. The van der Waals surface area contributed by atoms with E-state index in [1.54, 1.807) is 11.0 Å². The summed E-state index contributed by atoms with van der Waals surface area (Å²) in [7, 11) is 3.73. The third kappa shape index (κ3) is 14.8. The molecule has 0 bridgehead atoms.